The molecule has 0 bridgehead atoms. The van der Waals surface area contributed by atoms with Crippen LogP contribution in [-0.4, -0.2) is 33.2 Å². The van der Waals surface area contributed by atoms with Gasteiger partial charge in [0.25, 0.3) is 5.91 Å². The zero-order chi connectivity index (χ0) is 18.0. The van der Waals surface area contributed by atoms with E-state index in [1.165, 1.54) is 10.6 Å². The molecule has 1 atom stereocenters. The zero-order valence-corrected chi connectivity index (χ0v) is 14.9. The number of rotatable bonds is 4. The van der Waals surface area contributed by atoms with Crippen molar-refractivity contribution in [3.63, 3.8) is 0 Å². The van der Waals surface area contributed by atoms with Gasteiger partial charge in [0.2, 0.25) is 10.0 Å². The second-order valence-electron chi connectivity index (χ2n) is 6.00. The lowest BCUT2D eigenvalue weighted by atomic mass is 10.2. The molecule has 3 rings (SSSR count). The number of ether oxygens (including phenoxy) is 1. The van der Waals surface area contributed by atoms with Crippen LogP contribution in [0.15, 0.2) is 41.0 Å². The third-order valence-electron chi connectivity index (χ3n) is 3.96. The Balaban J connectivity index is 1.81. The summed E-state index contributed by atoms with van der Waals surface area (Å²) in [6.45, 7) is 2.30. The molecule has 0 aliphatic carbocycles. The summed E-state index contributed by atoms with van der Waals surface area (Å²) in [6.07, 6.45) is 2.16. The lowest BCUT2D eigenvalue weighted by molar-refractivity contribution is -0.128. The molecular weight excluding hydrogens is 344 g/mol. The van der Waals surface area contributed by atoms with Gasteiger partial charge in [0.05, 0.1) is 24.8 Å². The number of amides is 1. The molecule has 0 radical (unpaired) electrons. The number of nitrogens with zero attached hydrogens (tertiary/aromatic N) is 1. The Morgan fingerprint density at radius 1 is 1.36 bits per heavy atom. The minimum absolute atomic E-state index is 0.175. The highest BCUT2D eigenvalue weighted by Gasteiger charge is 2.31. The smallest absolute Gasteiger partial charge is 0.261 e. The summed E-state index contributed by atoms with van der Waals surface area (Å²) in [6, 6.07) is 8.77. The second-order valence-corrected chi connectivity index (χ2v) is 7.91. The van der Waals surface area contributed by atoms with E-state index >= 15 is 0 Å². The molecular formula is C17H20N2O5S. The molecule has 1 amide bonds. The van der Waals surface area contributed by atoms with Crippen molar-refractivity contribution in [1.82, 2.24) is 5.32 Å². The lowest BCUT2D eigenvalue weighted by Gasteiger charge is -2.21. The summed E-state index contributed by atoms with van der Waals surface area (Å²) in [7, 11) is -3.47. The highest BCUT2D eigenvalue weighted by atomic mass is 32.2. The minimum Gasteiger partial charge on any atom is -0.478 e. The average Bonchev–Trinajstić information content (AvgIpc) is 2.98. The van der Waals surface area contributed by atoms with Crippen LogP contribution in [0.4, 0.5) is 5.69 Å². The third kappa shape index (κ3) is 3.96. The van der Waals surface area contributed by atoms with E-state index in [1.54, 1.807) is 24.3 Å². The zero-order valence-electron chi connectivity index (χ0n) is 14.1. The number of anilines is 1. The summed E-state index contributed by atoms with van der Waals surface area (Å²) < 4.78 is 36.5. The fraction of sp³-hybridized carbons (Fsp3) is 0.353. The van der Waals surface area contributed by atoms with Crippen molar-refractivity contribution < 1.29 is 22.4 Å². The SMILES string of the molecule is Cc1ccc2c(c1)N(S(C)(=O)=O)CCC(C(=O)NCc1ccco1)O2. The molecule has 1 N–H and O–H groups in total. The van der Waals surface area contributed by atoms with Crippen LogP contribution >= 0.6 is 0 Å². The van der Waals surface area contributed by atoms with E-state index in [9.17, 15) is 13.2 Å². The van der Waals surface area contributed by atoms with Crippen LogP contribution in [0, 0.1) is 6.92 Å². The van der Waals surface area contributed by atoms with Crippen molar-refractivity contribution in [3.05, 3.63) is 47.9 Å². The molecule has 0 saturated carbocycles. The van der Waals surface area contributed by atoms with Gasteiger partial charge >= 0.3 is 0 Å². The maximum absolute atomic E-state index is 12.4. The number of carbonyl (C=O) groups excluding carboxylic acids is 1. The van der Waals surface area contributed by atoms with Crippen molar-refractivity contribution in [2.45, 2.75) is 26.0 Å². The van der Waals surface area contributed by atoms with E-state index < -0.39 is 16.1 Å². The third-order valence-corrected chi connectivity index (χ3v) is 5.14. The van der Waals surface area contributed by atoms with Gasteiger partial charge in [-0.2, -0.15) is 0 Å². The number of sulfonamides is 1. The largest absolute Gasteiger partial charge is 0.478 e. The molecule has 25 heavy (non-hydrogen) atoms. The number of hydrogen-bond acceptors (Lipinski definition) is 5. The van der Waals surface area contributed by atoms with Crippen molar-refractivity contribution in [1.29, 1.82) is 0 Å². The number of benzene rings is 1. The summed E-state index contributed by atoms with van der Waals surface area (Å²) in [4.78, 5) is 12.4. The van der Waals surface area contributed by atoms with E-state index in [-0.39, 0.29) is 25.4 Å². The molecule has 1 aliphatic heterocycles. The number of hydrogen-bond donors (Lipinski definition) is 1. The fourth-order valence-corrected chi connectivity index (χ4v) is 3.66. The van der Waals surface area contributed by atoms with Crippen LogP contribution in [0.5, 0.6) is 5.75 Å². The van der Waals surface area contributed by atoms with Crippen LogP contribution in [-0.2, 0) is 21.4 Å². The van der Waals surface area contributed by atoms with Crippen molar-refractivity contribution in [2.24, 2.45) is 0 Å². The van der Waals surface area contributed by atoms with Crippen LogP contribution in [0.25, 0.3) is 0 Å². The number of carbonyl (C=O) groups is 1. The standard InChI is InChI=1S/C17H20N2O5S/c1-12-5-6-15-14(10-12)19(25(2,21)22)8-7-16(24-15)17(20)18-11-13-4-3-9-23-13/h3-6,9-10,16H,7-8,11H2,1-2H3,(H,18,20). The first-order valence-electron chi connectivity index (χ1n) is 7.90. The maximum Gasteiger partial charge on any atom is 0.261 e. The molecule has 134 valence electrons. The molecule has 0 saturated heterocycles. The van der Waals surface area contributed by atoms with E-state index in [2.05, 4.69) is 5.32 Å². The molecule has 1 unspecified atom stereocenters. The quantitative estimate of drug-likeness (QED) is 0.894. The summed E-state index contributed by atoms with van der Waals surface area (Å²) in [5.41, 5.74) is 1.38. The van der Waals surface area contributed by atoms with Gasteiger partial charge in [-0.25, -0.2) is 8.42 Å². The predicted molar refractivity (Wildman–Crippen MR) is 93.0 cm³/mol. The number of furan rings is 1. The molecule has 0 spiro atoms. The molecule has 1 aliphatic rings. The van der Waals surface area contributed by atoms with Crippen LogP contribution in [0.1, 0.15) is 17.7 Å². The monoisotopic (exact) mass is 364 g/mol. The van der Waals surface area contributed by atoms with Gasteiger partial charge in [0.15, 0.2) is 6.10 Å². The van der Waals surface area contributed by atoms with Gasteiger partial charge in [-0.3, -0.25) is 9.10 Å². The molecule has 1 aromatic carbocycles. The van der Waals surface area contributed by atoms with Crippen molar-refractivity contribution in [3.8, 4) is 5.75 Å². The van der Waals surface area contributed by atoms with Crippen molar-refractivity contribution in [2.75, 3.05) is 17.1 Å². The molecule has 2 heterocycles. The predicted octanol–water partition coefficient (Wildman–Crippen LogP) is 1.82. The number of aryl methyl sites for hydroxylation is 1. The summed E-state index contributed by atoms with van der Waals surface area (Å²) in [5.74, 6) is 0.709. The van der Waals surface area contributed by atoms with Gasteiger partial charge in [0, 0.05) is 13.0 Å². The first kappa shape index (κ1) is 17.3. The topological polar surface area (TPSA) is 88.9 Å². The Bertz CT molecular complexity index is 861. The normalized spacial score (nSPS) is 17.4. The van der Waals surface area contributed by atoms with E-state index in [0.29, 0.717) is 17.2 Å². The van der Waals surface area contributed by atoms with Gasteiger partial charge in [-0.05, 0) is 36.8 Å². The highest BCUT2D eigenvalue weighted by molar-refractivity contribution is 7.92. The summed E-state index contributed by atoms with van der Waals surface area (Å²) >= 11 is 0. The number of nitrogens with one attached hydrogen (secondary N) is 1. The van der Waals surface area contributed by atoms with Crippen LogP contribution in [0.2, 0.25) is 0 Å². The van der Waals surface area contributed by atoms with Crippen LogP contribution in [0.3, 0.4) is 0 Å². The Kier molecular flexibility index (Phi) is 4.71. The second kappa shape index (κ2) is 6.79. The number of fused-ring (bicyclic) bond motifs is 1. The van der Waals surface area contributed by atoms with Gasteiger partial charge in [-0.15, -0.1) is 0 Å². The Morgan fingerprint density at radius 3 is 2.84 bits per heavy atom. The maximum atomic E-state index is 12.4. The highest BCUT2D eigenvalue weighted by Crippen LogP contribution is 2.35. The Labute approximate surface area is 146 Å². The van der Waals surface area contributed by atoms with E-state index in [0.717, 1.165) is 11.8 Å². The molecule has 8 heteroatoms. The molecule has 7 nitrogen and oxygen atoms in total. The van der Waals surface area contributed by atoms with E-state index in [4.69, 9.17) is 9.15 Å². The fourth-order valence-electron chi connectivity index (χ4n) is 2.72. The Morgan fingerprint density at radius 2 is 2.16 bits per heavy atom. The Hall–Kier alpha value is -2.48. The average molecular weight is 364 g/mol. The van der Waals surface area contributed by atoms with Gasteiger partial charge < -0.3 is 14.5 Å². The summed E-state index contributed by atoms with van der Waals surface area (Å²) in [5, 5.41) is 2.75. The minimum atomic E-state index is -3.47. The first-order chi connectivity index (χ1) is 11.8. The van der Waals surface area contributed by atoms with E-state index in [1.807, 2.05) is 13.0 Å². The van der Waals surface area contributed by atoms with Gasteiger partial charge in [0.1, 0.15) is 11.5 Å². The molecule has 1 aromatic heterocycles. The van der Waals surface area contributed by atoms with Crippen molar-refractivity contribution >= 4 is 21.6 Å². The first-order valence-corrected chi connectivity index (χ1v) is 9.74. The lowest BCUT2D eigenvalue weighted by Crippen LogP contribution is -2.39. The molecule has 0 fully saturated rings. The van der Waals surface area contributed by atoms with Gasteiger partial charge in [-0.1, -0.05) is 6.07 Å². The van der Waals surface area contributed by atoms with Crippen LogP contribution < -0.4 is 14.4 Å². The molecule has 2 aromatic rings.